The van der Waals surface area contributed by atoms with E-state index < -0.39 is 17.8 Å². The summed E-state index contributed by atoms with van der Waals surface area (Å²) >= 11 is 5.89. The Morgan fingerprint density at radius 3 is 2.68 bits per heavy atom. The van der Waals surface area contributed by atoms with Crippen LogP contribution in [-0.4, -0.2) is 22.2 Å². The molecule has 0 saturated carbocycles. The highest BCUT2D eigenvalue weighted by molar-refractivity contribution is 6.33. The largest absolute Gasteiger partial charge is 0.481 e. The van der Waals surface area contributed by atoms with E-state index in [1.807, 2.05) is 0 Å². The van der Waals surface area contributed by atoms with Crippen LogP contribution in [0.2, 0.25) is 5.02 Å². The van der Waals surface area contributed by atoms with Crippen LogP contribution in [0.5, 0.6) is 5.75 Å². The van der Waals surface area contributed by atoms with Crippen LogP contribution in [0.25, 0.3) is 11.5 Å². The lowest BCUT2D eigenvalue weighted by atomic mass is 10.2. The van der Waals surface area contributed by atoms with Crippen molar-refractivity contribution in [3.63, 3.8) is 0 Å². The van der Waals surface area contributed by atoms with E-state index in [0.29, 0.717) is 17.3 Å². The number of carbonyl (C=O) groups is 1. The summed E-state index contributed by atoms with van der Waals surface area (Å²) in [6, 6.07) is 10.6. The fourth-order valence-corrected chi connectivity index (χ4v) is 2.27. The van der Waals surface area contributed by atoms with Crippen LogP contribution in [0.1, 0.15) is 6.92 Å². The van der Waals surface area contributed by atoms with E-state index in [-0.39, 0.29) is 5.02 Å². The molecule has 0 aliphatic carbocycles. The number of ether oxygens (including phenoxy) is 1. The number of anilines is 1. The van der Waals surface area contributed by atoms with Crippen LogP contribution < -0.4 is 10.1 Å². The average molecular weight is 362 g/mol. The molecule has 2 aromatic carbocycles. The van der Waals surface area contributed by atoms with Crippen molar-refractivity contribution < 1.29 is 18.3 Å². The molecule has 8 heteroatoms. The van der Waals surface area contributed by atoms with Gasteiger partial charge >= 0.3 is 0 Å². The predicted molar refractivity (Wildman–Crippen MR) is 89.9 cm³/mol. The molecule has 1 aromatic heterocycles. The number of nitrogens with one attached hydrogen (secondary N) is 1. The predicted octanol–water partition coefficient (Wildman–Crippen LogP) is 3.94. The molecule has 0 spiro atoms. The molecule has 0 aliphatic rings. The number of benzene rings is 2. The highest BCUT2D eigenvalue weighted by Crippen LogP contribution is 2.24. The van der Waals surface area contributed by atoms with Crippen molar-refractivity contribution in [2.75, 3.05) is 5.32 Å². The van der Waals surface area contributed by atoms with E-state index in [9.17, 15) is 9.18 Å². The highest BCUT2D eigenvalue weighted by Gasteiger charge is 2.16. The number of carbonyl (C=O) groups excluding carboxylic acids is 1. The van der Waals surface area contributed by atoms with Crippen molar-refractivity contribution in [1.82, 2.24) is 10.2 Å². The SMILES string of the molecule is C[C@@H](Oc1ccc(-c2nnco2)cc1)C(=O)Nc1ccc(F)cc1Cl. The zero-order valence-corrected chi connectivity index (χ0v) is 13.8. The van der Waals surface area contributed by atoms with E-state index in [2.05, 4.69) is 15.5 Å². The van der Waals surface area contributed by atoms with Gasteiger partial charge in [0.1, 0.15) is 11.6 Å². The second-order valence-corrected chi connectivity index (χ2v) is 5.55. The number of aromatic nitrogens is 2. The van der Waals surface area contributed by atoms with E-state index in [4.69, 9.17) is 20.8 Å². The summed E-state index contributed by atoms with van der Waals surface area (Å²) in [4.78, 5) is 12.2. The zero-order valence-electron chi connectivity index (χ0n) is 13.1. The Balaban J connectivity index is 1.63. The standard InChI is InChI=1S/C17H13ClFN3O3/c1-10(16(23)21-15-7-4-12(19)8-14(15)18)25-13-5-2-11(3-6-13)17-22-20-9-24-17/h2-10H,1H3,(H,21,23)/t10-/m1/s1. The number of hydrogen-bond acceptors (Lipinski definition) is 5. The Kier molecular flexibility index (Phi) is 4.95. The maximum absolute atomic E-state index is 13.0. The number of rotatable bonds is 5. The third-order valence-corrected chi connectivity index (χ3v) is 3.65. The Bertz CT molecular complexity index is 869. The van der Waals surface area contributed by atoms with Crippen LogP contribution in [0.4, 0.5) is 10.1 Å². The molecular weight excluding hydrogens is 349 g/mol. The molecule has 0 radical (unpaired) electrons. The maximum atomic E-state index is 13.0. The van der Waals surface area contributed by atoms with Crippen molar-refractivity contribution >= 4 is 23.2 Å². The van der Waals surface area contributed by atoms with Crippen molar-refractivity contribution in [2.24, 2.45) is 0 Å². The van der Waals surface area contributed by atoms with E-state index in [1.165, 1.54) is 18.5 Å². The normalized spacial score (nSPS) is 11.8. The van der Waals surface area contributed by atoms with Gasteiger partial charge in [-0.25, -0.2) is 4.39 Å². The van der Waals surface area contributed by atoms with Crippen LogP contribution in [-0.2, 0) is 4.79 Å². The minimum absolute atomic E-state index is 0.115. The quantitative estimate of drug-likeness (QED) is 0.744. The summed E-state index contributed by atoms with van der Waals surface area (Å²) in [5.41, 5.74) is 1.05. The minimum atomic E-state index is -0.782. The lowest BCUT2D eigenvalue weighted by Gasteiger charge is -2.15. The van der Waals surface area contributed by atoms with Crippen molar-refractivity contribution in [1.29, 1.82) is 0 Å². The molecule has 3 rings (SSSR count). The van der Waals surface area contributed by atoms with Gasteiger partial charge in [0.05, 0.1) is 10.7 Å². The second-order valence-electron chi connectivity index (χ2n) is 5.14. The van der Waals surface area contributed by atoms with Crippen LogP contribution in [0.15, 0.2) is 53.3 Å². The number of hydrogen-bond donors (Lipinski definition) is 1. The van der Waals surface area contributed by atoms with Gasteiger partial charge in [-0.15, -0.1) is 10.2 Å². The van der Waals surface area contributed by atoms with Crippen LogP contribution in [0, 0.1) is 5.82 Å². The molecular formula is C17H13ClFN3O3. The molecule has 0 fully saturated rings. The summed E-state index contributed by atoms with van der Waals surface area (Å²) < 4.78 is 23.7. The van der Waals surface area contributed by atoms with Crippen molar-refractivity contribution in [2.45, 2.75) is 13.0 Å². The van der Waals surface area contributed by atoms with Gasteiger partial charge in [-0.1, -0.05) is 11.6 Å². The molecule has 1 atom stereocenters. The van der Waals surface area contributed by atoms with E-state index >= 15 is 0 Å². The third kappa shape index (κ3) is 4.13. The first kappa shape index (κ1) is 16.9. The molecule has 25 heavy (non-hydrogen) atoms. The van der Waals surface area contributed by atoms with E-state index in [0.717, 1.165) is 11.6 Å². The highest BCUT2D eigenvalue weighted by atomic mass is 35.5. The molecule has 1 heterocycles. The Morgan fingerprint density at radius 1 is 1.28 bits per heavy atom. The maximum Gasteiger partial charge on any atom is 0.265 e. The number of nitrogens with zero attached hydrogens (tertiary/aromatic N) is 2. The van der Waals surface area contributed by atoms with Gasteiger partial charge in [0.2, 0.25) is 12.3 Å². The first-order chi connectivity index (χ1) is 12.0. The molecule has 0 saturated heterocycles. The summed E-state index contributed by atoms with van der Waals surface area (Å²) in [5, 5.41) is 10.1. The summed E-state index contributed by atoms with van der Waals surface area (Å²) in [6.45, 7) is 1.60. The first-order valence-electron chi connectivity index (χ1n) is 7.32. The minimum Gasteiger partial charge on any atom is -0.481 e. The fourth-order valence-electron chi connectivity index (χ4n) is 2.06. The molecule has 0 bridgehead atoms. The fraction of sp³-hybridized carbons (Fsp3) is 0.118. The topological polar surface area (TPSA) is 77.2 Å². The monoisotopic (exact) mass is 361 g/mol. The van der Waals surface area contributed by atoms with Crippen LogP contribution >= 0.6 is 11.6 Å². The van der Waals surface area contributed by atoms with Crippen LogP contribution in [0.3, 0.4) is 0 Å². The molecule has 3 aromatic rings. The van der Waals surface area contributed by atoms with Gasteiger partial charge < -0.3 is 14.5 Å². The van der Waals surface area contributed by atoms with Gasteiger partial charge in [0.25, 0.3) is 5.91 Å². The lowest BCUT2D eigenvalue weighted by molar-refractivity contribution is -0.122. The summed E-state index contributed by atoms with van der Waals surface area (Å²) in [7, 11) is 0. The number of halogens is 2. The van der Waals surface area contributed by atoms with Crippen molar-refractivity contribution in [3.05, 3.63) is 59.7 Å². The zero-order chi connectivity index (χ0) is 17.8. The van der Waals surface area contributed by atoms with Gasteiger partial charge in [0.15, 0.2) is 6.10 Å². The van der Waals surface area contributed by atoms with Gasteiger partial charge in [-0.05, 0) is 49.4 Å². The van der Waals surface area contributed by atoms with Gasteiger partial charge in [0, 0.05) is 5.56 Å². The first-order valence-corrected chi connectivity index (χ1v) is 7.70. The van der Waals surface area contributed by atoms with Crippen molar-refractivity contribution in [3.8, 4) is 17.2 Å². The lowest BCUT2D eigenvalue weighted by Crippen LogP contribution is -2.30. The average Bonchev–Trinajstić information content (AvgIpc) is 3.12. The third-order valence-electron chi connectivity index (χ3n) is 3.33. The van der Waals surface area contributed by atoms with Gasteiger partial charge in [-0.2, -0.15) is 0 Å². The van der Waals surface area contributed by atoms with Gasteiger partial charge in [-0.3, -0.25) is 4.79 Å². The summed E-state index contributed by atoms with van der Waals surface area (Å²) in [5.74, 6) is 0.00234. The molecule has 128 valence electrons. The Hall–Kier alpha value is -2.93. The number of amides is 1. The molecule has 0 aliphatic heterocycles. The summed E-state index contributed by atoms with van der Waals surface area (Å²) in [6.07, 6.45) is 0.461. The molecule has 6 nitrogen and oxygen atoms in total. The molecule has 1 amide bonds. The smallest absolute Gasteiger partial charge is 0.265 e. The molecule has 1 N–H and O–H groups in total. The Morgan fingerprint density at radius 2 is 2.04 bits per heavy atom. The second kappa shape index (κ2) is 7.31. The Labute approximate surface area is 147 Å². The molecule has 0 unspecified atom stereocenters. The van der Waals surface area contributed by atoms with E-state index in [1.54, 1.807) is 31.2 Å².